The van der Waals surface area contributed by atoms with Crippen LogP contribution < -0.4 is 5.56 Å². The molecule has 0 amide bonds. The Morgan fingerprint density at radius 2 is 1.90 bits per heavy atom. The second kappa shape index (κ2) is 6.05. The highest BCUT2D eigenvalue weighted by Crippen LogP contribution is 2.16. The number of nitrogens with zero attached hydrogens (tertiary/aromatic N) is 1. The molecule has 104 valence electrons. The van der Waals surface area contributed by atoms with Gasteiger partial charge in [-0.1, -0.05) is 24.3 Å². The van der Waals surface area contributed by atoms with Gasteiger partial charge in [0.05, 0.1) is 12.5 Å². The Labute approximate surface area is 124 Å². The van der Waals surface area contributed by atoms with E-state index in [4.69, 9.17) is 5.11 Å². The van der Waals surface area contributed by atoms with Gasteiger partial charge < -0.3 is 9.67 Å². The van der Waals surface area contributed by atoms with Crippen molar-refractivity contribution in [3.05, 3.63) is 68.5 Å². The zero-order valence-corrected chi connectivity index (χ0v) is 12.5. The van der Waals surface area contributed by atoms with Crippen molar-refractivity contribution in [2.45, 2.75) is 19.4 Å². The number of rotatable bonds is 4. The van der Waals surface area contributed by atoms with E-state index in [0.717, 1.165) is 15.6 Å². The molecule has 20 heavy (non-hydrogen) atoms. The van der Waals surface area contributed by atoms with Gasteiger partial charge in [0.15, 0.2) is 0 Å². The molecule has 0 saturated heterocycles. The molecular formula is C15H14BrNO3. The smallest absolute Gasteiger partial charge is 0.310 e. The van der Waals surface area contributed by atoms with Crippen LogP contribution in [0.2, 0.25) is 0 Å². The van der Waals surface area contributed by atoms with Crippen molar-refractivity contribution in [2.24, 2.45) is 0 Å². The zero-order valence-electron chi connectivity index (χ0n) is 10.9. The Morgan fingerprint density at radius 1 is 1.25 bits per heavy atom. The van der Waals surface area contributed by atoms with E-state index in [1.54, 1.807) is 35.9 Å². The van der Waals surface area contributed by atoms with Crippen molar-refractivity contribution in [3.63, 3.8) is 0 Å². The number of halogens is 1. The lowest BCUT2D eigenvalue weighted by Gasteiger charge is -2.09. The Morgan fingerprint density at radius 3 is 2.50 bits per heavy atom. The second-order valence-electron chi connectivity index (χ2n) is 4.61. The molecule has 1 aromatic heterocycles. The fraction of sp³-hybridized carbons (Fsp3) is 0.200. The number of aromatic nitrogens is 1. The summed E-state index contributed by atoms with van der Waals surface area (Å²) in [4.78, 5) is 22.6. The maximum atomic E-state index is 11.7. The molecule has 2 aromatic rings. The number of pyridine rings is 1. The number of carboxylic acid groups (broad SMARTS) is 1. The number of hydrogen-bond acceptors (Lipinski definition) is 2. The number of benzene rings is 1. The molecule has 0 aliphatic rings. The summed E-state index contributed by atoms with van der Waals surface area (Å²) >= 11 is 3.33. The molecule has 0 radical (unpaired) electrons. The van der Waals surface area contributed by atoms with Gasteiger partial charge in [0.1, 0.15) is 0 Å². The molecule has 1 aromatic carbocycles. The number of carbonyl (C=O) groups is 1. The van der Waals surface area contributed by atoms with Crippen LogP contribution in [-0.4, -0.2) is 15.6 Å². The van der Waals surface area contributed by atoms with Crippen LogP contribution in [0.3, 0.4) is 0 Å². The van der Waals surface area contributed by atoms with E-state index in [0.29, 0.717) is 6.54 Å². The molecule has 0 aliphatic heterocycles. The Kier molecular flexibility index (Phi) is 4.39. The maximum absolute atomic E-state index is 11.7. The van der Waals surface area contributed by atoms with Gasteiger partial charge in [0.2, 0.25) is 0 Å². The molecule has 0 spiro atoms. The third kappa shape index (κ3) is 3.36. The SMILES string of the molecule is CC(C(=O)O)c1ccc(Cn2cc(Br)ccc2=O)cc1. The summed E-state index contributed by atoms with van der Waals surface area (Å²) in [6.45, 7) is 2.11. The molecule has 1 N–H and O–H groups in total. The molecule has 0 aliphatic carbocycles. The van der Waals surface area contributed by atoms with Gasteiger partial charge in [-0.15, -0.1) is 0 Å². The van der Waals surface area contributed by atoms with Crippen LogP contribution in [0, 0.1) is 0 Å². The normalized spacial score (nSPS) is 12.1. The molecule has 1 atom stereocenters. The summed E-state index contributed by atoms with van der Waals surface area (Å²) in [5.74, 6) is -1.38. The fourth-order valence-corrected chi connectivity index (χ4v) is 2.26. The minimum Gasteiger partial charge on any atom is -0.481 e. The van der Waals surface area contributed by atoms with E-state index < -0.39 is 11.9 Å². The van der Waals surface area contributed by atoms with Gasteiger partial charge in [-0.3, -0.25) is 9.59 Å². The maximum Gasteiger partial charge on any atom is 0.310 e. The predicted molar refractivity (Wildman–Crippen MR) is 80.0 cm³/mol. The largest absolute Gasteiger partial charge is 0.481 e. The molecule has 0 bridgehead atoms. The second-order valence-corrected chi connectivity index (χ2v) is 5.53. The lowest BCUT2D eigenvalue weighted by Crippen LogP contribution is -2.18. The number of aliphatic carboxylic acids is 1. The Balaban J connectivity index is 2.21. The van der Waals surface area contributed by atoms with Crippen LogP contribution in [0.25, 0.3) is 0 Å². The Hall–Kier alpha value is -1.88. The average molecular weight is 336 g/mol. The standard InChI is InChI=1S/C15H14BrNO3/c1-10(15(19)20)12-4-2-11(3-5-12)8-17-9-13(16)6-7-14(17)18/h2-7,9-10H,8H2,1H3,(H,19,20). The molecular weight excluding hydrogens is 322 g/mol. The van der Waals surface area contributed by atoms with Gasteiger partial charge in [0, 0.05) is 16.7 Å². The van der Waals surface area contributed by atoms with Gasteiger partial charge >= 0.3 is 5.97 Å². The molecule has 5 heteroatoms. The van der Waals surface area contributed by atoms with Gasteiger partial charge in [-0.2, -0.15) is 0 Å². The summed E-state index contributed by atoms with van der Waals surface area (Å²) in [7, 11) is 0. The van der Waals surface area contributed by atoms with E-state index >= 15 is 0 Å². The summed E-state index contributed by atoms with van der Waals surface area (Å²) in [5, 5.41) is 8.96. The highest BCUT2D eigenvalue weighted by Gasteiger charge is 2.12. The third-order valence-corrected chi connectivity index (χ3v) is 3.62. The molecule has 1 heterocycles. The van der Waals surface area contributed by atoms with Crippen molar-refractivity contribution in [3.8, 4) is 0 Å². The van der Waals surface area contributed by atoms with Crippen molar-refractivity contribution in [2.75, 3.05) is 0 Å². The minimum atomic E-state index is -0.846. The van der Waals surface area contributed by atoms with E-state index in [1.165, 1.54) is 6.07 Å². The van der Waals surface area contributed by atoms with E-state index in [2.05, 4.69) is 15.9 Å². The first kappa shape index (κ1) is 14.5. The van der Waals surface area contributed by atoms with Gasteiger partial charge in [-0.25, -0.2) is 0 Å². The van der Waals surface area contributed by atoms with Crippen LogP contribution in [0.5, 0.6) is 0 Å². The first-order valence-corrected chi connectivity index (χ1v) is 6.94. The van der Waals surface area contributed by atoms with E-state index in [-0.39, 0.29) is 5.56 Å². The van der Waals surface area contributed by atoms with Crippen LogP contribution in [0.15, 0.2) is 51.9 Å². The number of hydrogen-bond donors (Lipinski definition) is 1. The summed E-state index contributed by atoms with van der Waals surface area (Å²) in [6.07, 6.45) is 1.73. The monoisotopic (exact) mass is 335 g/mol. The Bertz CT molecular complexity index is 676. The highest BCUT2D eigenvalue weighted by atomic mass is 79.9. The van der Waals surface area contributed by atoms with Gasteiger partial charge in [-0.05, 0) is 40.0 Å². The van der Waals surface area contributed by atoms with Crippen LogP contribution in [0.1, 0.15) is 24.0 Å². The molecule has 1 unspecified atom stereocenters. The lowest BCUT2D eigenvalue weighted by molar-refractivity contribution is -0.138. The molecule has 4 nitrogen and oxygen atoms in total. The summed E-state index contributed by atoms with van der Waals surface area (Å²) in [5.41, 5.74) is 1.63. The predicted octanol–water partition coefficient (Wildman–Crippen LogP) is 2.85. The first-order valence-electron chi connectivity index (χ1n) is 6.15. The van der Waals surface area contributed by atoms with Crippen molar-refractivity contribution in [1.29, 1.82) is 0 Å². The average Bonchev–Trinajstić information content (AvgIpc) is 2.43. The van der Waals surface area contributed by atoms with Crippen LogP contribution in [-0.2, 0) is 11.3 Å². The minimum absolute atomic E-state index is 0.0730. The molecule has 2 rings (SSSR count). The summed E-state index contributed by atoms with van der Waals surface area (Å²) < 4.78 is 2.44. The van der Waals surface area contributed by atoms with Gasteiger partial charge in [0.25, 0.3) is 5.56 Å². The quantitative estimate of drug-likeness (QED) is 0.934. The highest BCUT2D eigenvalue weighted by molar-refractivity contribution is 9.10. The summed E-state index contributed by atoms with van der Waals surface area (Å²) in [6, 6.07) is 10.5. The first-order chi connectivity index (χ1) is 9.47. The molecule has 0 fully saturated rings. The fourth-order valence-electron chi connectivity index (χ4n) is 1.88. The van der Waals surface area contributed by atoms with E-state index in [1.807, 2.05) is 12.1 Å². The topological polar surface area (TPSA) is 59.3 Å². The lowest BCUT2D eigenvalue weighted by atomic mass is 10.00. The number of carboxylic acids is 1. The van der Waals surface area contributed by atoms with Crippen LogP contribution in [0.4, 0.5) is 0 Å². The molecule has 0 saturated carbocycles. The van der Waals surface area contributed by atoms with E-state index in [9.17, 15) is 9.59 Å². The zero-order chi connectivity index (χ0) is 14.7. The van der Waals surface area contributed by atoms with Crippen LogP contribution >= 0.6 is 15.9 Å². The third-order valence-electron chi connectivity index (χ3n) is 3.15. The van der Waals surface area contributed by atoms with Crippen molar-refractivity contribution >= 4 is 21.9 Å². The van der Waals surface area contributed by atoms with Crippen molar-refractivity contribution in [1.82, 2.24) is 4.57 Å². The van der Waals surface area contributed by atoms with Crippen molar-refractivity contribution < 1.29 is 9.90 Å².